The van der Waals surface area contributed by atoms with Gasteiger partial charge < -0.3 is 15.3 Å². The zero-order chi connectivity index (χ0) is 14.9. The molecule has 2 N–H and O–H groups in total. The van der Waals surface area contributed by atoms with Crippen molar-refractivity contribution in [2.45, 2.75) is 65.0 Å². The van der Waals surface area contributed by atoms with Crippen LogP contribution in [0.25, 0.3) is 0 Å². The van der Waals surface area contributed by atoms with Crippen molar-refractivity contribution in [1.82, 2.24) is 10.2 Å². The van der Waals surface area contributed by atoms with Crippen molar-refractivity contribution in [1.29, 1.82) is 0 Å². The van der Waals surface area contributed by atoms with Gasteiger partial charge in [0, 0.05) is 18.6 Å². The highest BCUT2D eigenvalue weighted by molar-refractivity contribution is 5.79. The van der Waals surface area contributed by atoms with Crippen molar-refractivity contribution < 1.29 is 14.7 Å². The molecule has 20 heavy (non-hydrogen) atoms. The van der Waals surface area contributed by atoms with Crippen LogP contribution in [0, 0.1) is 11.3 Å². The molecule has 0 heterocycles. The number of carbonyl (C=O) groups is 2. The third kappa shape index (κ3) is 3.07. The van der Waals surface area contributed by atoms with E-state index in [9.17, 15) is 14.7 Å². The molecule has 0 saturated heterocycles. The van der Waals surface area contributed by atoms with Crippen LogP contribution in [0.3, 0.4) is 0 Å². The Labute approximate surface area is 120 Å². The van der Waals surface area contributed by atoms with E-state index >= 15 is 0 Å². The Morgan fingerprint density at radius 2 is 2.00 bits per heavy atom. The standard InChI is InChI=1S/C15H26N2O3/c1-10(2)9-17(11-6-7-11)14(20)16-12-5-4-8-15(12,3)13(18)19/h10-12H,4-9H2,1-3H3,(H,16,20)(H,18,19). The zero-order valence-electron chi connectivity index (χ0n) is 12.7. The third-order valence-corrected chi connectivity index (χ3v) is 4.55. The fourth-order valence-electron chi connectivity index (χ4n) is 3.06. The Bertz CT molecular complexity index is 393. The maximum Gasteiger partial charge on any atom is 0.317 e. The number of carboxylic acids is 1. The number of hydrogen-bond acceptors (Lipinski definition) is 2. The molecule has 2 atom stereocenters. The first-order valence-electron chi connectivity index (χ1n) is 7.65. The van der Waals surface area contributed by atoms with Gasteiger partial charge >= 0.3 is 12.0 Å². The molecule has 5 heteroatoms. The van der Waals surface area contributed by atoms with Gasteiger partial charge in [-0.05, 0) is 38.5 Å². The highest BCUT2D eigenvalue weighted by Crippen LogP contribution is 2.38. The molecular weight excluding hydrogens is 256 g/mol. The molecule has 0 aliphatic heterocycles. The Morgan fingerprint density at radius 3 is 2.50 bits per heavy atom. The van der Waals surface area contributed by atoms with E-state index < -0.39 is 11.4 Å². The first kappa shape index (κ1) is 15.1. The second kappa shape index (κ2) is 5.62. The van der Waals surface area contributed by atoms with Gasteiger partial charge in [-0.25, -0.2) is 4.79 Å². The van der Waals surface area contributed by atoms with Gasteiger partial charge in [-0.2, -0.15) is 0 Å². The molecule has 2 fully saturated rings. The lowest BCUT2D eigenvalue weighted by atomic mass is 9.85. The summed E-state index contributed by atoms with van der Waals surface area (Å²) in [6.07, 6.45) is 4.40. The lowest BCUT2D eigenvalue weighted by molar-refractivity contribution is -0.148. The molecule has 2 aliphatic carbocycles. The average molecular weight is 282 g/mol. The van der Waals surface area contributed by atoms with Crippen LogP contribution in [0.5, 0.6) is 0 Å². The molecule has 2 saturated carbocycles. The van der Waals surface area contributed by atoms with Gasteiger partial charge in [-0.15, -0.1) is 0 Å². The predicted octanol–water partition coefficient (Wildman–Crippen LogP) is 2.46. The van der Waals surface area contributed by atoms with E-state index in [1.54, 1.807) is 6.92 Å². The molecule has 2 amide bonds. The van der Waals surface area contributed by atoms with Crippen molar-refractivity contribution in [2.75, 3.05) is 6.54 Å². The molecule has 2 aliphatic rings. The van der Waals surface area contributed by atoms with Crippen LogP contribution in [0.1, 0.15) is 52.9 Å². The van der Waals surface area contributed by atoms with Crippen molar-refractivity contribution in [3.05, 3.63) is 0 Å². The topological polar surface area (TPSA) is 69.6 Å². The number of nitrogens with zero attached hydrogens (tertiary/aromatic N) is 1. The van der Waals surface area contributed by atoms with E-state index in [-0.39, 0.29) is 12.1 Å². The lowest BCUT2D eigenvalue weighted by Crippen LogP contribution is -2.52. The van der Waals surface area contributed by atoms with Gasteiger partial charge in [-0.1, -0.05) is 20.3 Å². The summed E-state index contributed by atoms with van der Waals surface area (Å²) in [5.41, 5.74) is -0.817. The molecule has 0 radical (unpaired) electrons. The molecule has 0 aromatic rings. The number of carbonyl (C=O) groups excluding carboxylic acids is 1. The van der Waals surface area contributed by atoms with E-state index in [1.165, 1.54) is 0 Å². The average Bonchev–Trinajstić information content (AvgIpc) is 3.12. The van der Waals surface area contributed by atoms with Crippen molar-refractivity contribution in [3.63, 3.8) is 0 Å². The summed E-state index contributed by atoms with van der Waals surface area (Å²) in [5, 5.41) is 12.4. The fourth-order valence-corrected chi connectivity index (χ4v) is 3.06. The highest BCUT2D eigenvalue weighted by Gasteiger charge is 2.47. The third-order valence-electron chi connectivity index (χ3n) is 4.55. The number of carboxylic acid groups (broad SMARTS) is 1. The van der Waals surface area contributed by atoms with Crippen LogP contribution in [-0.4, -0.2) is 40.6 Å². The summed E-state index contributed by atoms with van der Waals surface area (Å²) >= 11 is 0. The number of nitrogens with one attached hydrogen (secondary N) is 1. The van der Waals surface area contributed by atoms with E-state index in [2.05, 4.69) is 19.2 Å². The van der Waals surface area contributed by atoms with Gasteiger partial charge in [0.05, 0.1) is 5.41 Å². The molecule has 5 nitrogen and oxygen atoms in total. The summed E-state index contributed by atoms with van der Waals surface area (Å²) in [7, 11) is 0. The quantitative estimate of drug-likeness (QED) is 0.813. The number of amides is 2. The minimum Gasteiger partial charge on any atom is -0.481 e. The summed E-state index contributed by atoms with van der Waals surface area (Å²) in [5.74, 6) is -0.377. The number of rotatable bonds is 5. The van der Waals surface area contributed by atoms with Gasteiger partial charge in [0.2, 0.25) is 0 Å². The van der Waals surface area contributed by atoms with Crippen LogP contribution < -0.4 is 5.32 Å². The smallest absolute Gasteiger partial charge is 0.317 e. The zero-order valence-corrected chi connectivity index (χ0v) is 12.7. The van der Waals surface area contributed by atoms with E-state index in [0.717, 1.165) is 32.2 Å². The second-order valence-corrected chi connectivity index (χ2v) is 6.89. The molecule has 0 spiro atoms. The predicted molar refractivity (Wildman–Crippen MR) is 76.5 cm³/mol. The summed E-state index contributed by atoms with van der Waals surface area (Å²) in [6, 6.07) is 0.0244. The monoisotopic (exact) mass is 282 g/mol. The minimum absolute atomic E-state index is 0.0828. The normalized spacial score (nSPS) is 29.5. The van der Waals surface area contributed by atoms with E-state index in [4.69, 9.17) is 0 Å². The molecule has 2 unspecified atom stereocenters. The summed E-state index contributed by atoms with van der Waals surface area (Å²) < 4.78 is 0. The number of aliphatic carboxylic acids is 1. The van der Waals surface area contributed by atoms with Crippen LogP contribution >= 0.6 is 0 Å². The van der Waals surface area contributed by atoms with Crippen LogP contribution in [-0.2, 0) is 4.79 Å². The molecule has 0 aromatic heterocycles. The van der Waals surface area contributed by atoms with Crippen molar-refractivity contribution in [3.8, 4) is 0 Å². The largest absolute Gasteiger partial charge is 0.481 e. The Morgan fingerprint density at radius 1 is 1.35 bits per heavy atom. The molecular formula is C15H26N2O3. The van der Waals surface area contributed by atoms with Gasteiger partial charge in [0.25, 0.3) is 0 Å². The highest BCUT2D eigenvalue weighted by atomic mass is 16.4. The Kier molecular flexibility index (Phi) is 4.25. The second-order valence-electron chi connectivity index (χ2n) is 6.89. The van der Waals surface area contributed by atoms with E-state index in [1.807, 2.05) is 4.90 Å². The van der Waals surface area contributed by atoms with Crippen LogP contribution in [0.2, 0.25) is 0 Å². The molecule has 2 rings (SSSR count). The van der Waals surface area contributed by atoms with Crippen molar-refractivity contribution in [2.24, 2.45) is 11.3 Å². The van der Waals surface area contributed by atoms with Crippen LogP contribution in [0.15, 0.2) is 0 Å². The number of hydrogen-bond donors (Lipinski definition) is 2. The van der Waals surface area contributed by atoms with E-state index in [0.29, 0.717) is 18.4 Å². The summed E-state index contributed by atoms with van der Waals surface area (Å²) in [4.78, 5) is 25.8. The Hall–Kier alpha value is -1.26. The molecule has 0 aromatic carbocycles. The van der Waals surface area contributed by atoms with Crippen molar-refractivity contribution >= 4 is 12.0 Å². The van der Waals surface area contributed by atoms with Gasteiger partial charge in [-0.3, -0.25) is 4.79 Å². The summed E-state index contributed by atoms with van der Waals surface area (Å²) in [6.45, 7) is 6.68. The minimum atomic E-state index is -0.817. The molecule has 114 valence electrons. The van der Waals surface area contributed by atoms with Crippen LogP contribution in [0.4, 0.5) is 4.79 Å². The maximum absolute atomic E-state index is 12.4. The first-order chi connectivity index (χ1) is 9.34. The fraction of sp³-hybridized carbons (Fsp3) is 0.867. The van der Waals surface area contributed by atoms with Gasteiger partial charge in [0.1, 0.15) is 0 Å². The maximum atomic E-state index is 12.4. The van der Waals surface area contributed by atoms with Gasteiger partial charge in [0.15, 0.2) is 0 Å². The SMILES string of the molecule is CC(C)CN(C(=O)NC1CCCC1(C)C(=O)O)C1CC1. The lowest BCUT2D eigenvalue weighted by Gasteiger charge is -2.31. The number of urea groups is 1. The Balaban J connectivity index is 2.00. The molecule has 0 bridgehead atoms. The first-order valence-corrected chi connectivity index (χ1v) is 7.65.